The van der Waals surface area contributed by atoms with Crippen molar-refractivity contribution in [3.8, 4) is 0 Å². The van der Waals surface area contributed by atoms with E-state index in [-0.39, 0.29) is 60.3 Å². The summed E-state index contributed by atoms with van der Waals surface area (Å²) in [5.41, 5.74) is 0.155. The Morgan fingerprint density at radius 1 is 0.871 bits per heavy atom. The normalized spacial score (nSPS) is 12.0. The summed E-state index contributed by atoms with van der Waals surface area (Å²) in [6, 6.07) is 6.15. The van der Waals surface area contributed by atoms with Gasteiger partial charge in [0.2, 0.25) is 0 Å². The second-order valence-electron chi connectivity index (χ2n) is 7.38. The Balaban J connectivity index is 0.00000900. The van der Waals surface area contributed by atoms with Crippen molar-refractivity contribution in [2.75, 3.05) is 13.2 Å². The van der Waals surface area contributed by atoms with E-state index >= 15 is 0 Å². The Kier molecular flexibility index (Phi) is 16.2. The van der Waals surface area contributed by atoms with Crippen molar-refractivity contribution in [1.29, 1.82) is 0 Å². The van der Waals surface area contributed by atoms with E-state index < -0.39 is 27.3 Å². The first-order chi connectivity index (χ1) is 14.3. The zero-order chi connectivity index (χ0) is 22.4. The van der Waals surface area contributed by atoms with E-state index in [9.17, 15) is 22.6 Å². The van der Waals surface area contributed by atoms with Gasteiger partial charge >= 0.3 is 41.5 Å². The Morgan fingerprint density at radius 2 is 1.32 bits per heavy atom. The quantitative estimate of drug-likeness (QED) is 0.167. The predicted octanol–water partition coefficient (Wildman–Crippen LogP) is 1.47. The van der Waals surface area contributed by atoms with Crippen molar-refractivity contribution < 1.29 is 61.6 Å². The molecule has 0 saturated heterocycles. The van der Waals surface area contributed by atoms with Crippen LogP contribution in [0.25, 0.3) is 0 Å². The zero-order valence-electron chi connectivity index (χ0n) is 18.9. The molecule has 0 N–H and O–H groups in total. The summed E-state index contributed by atoms with van der Waals surface area (Å²) in [7, 11) is -4.43. The average Bonchev–Trinajstić information content (AvgIpc) is 2.71. The van der Waals surface area contributed by atoms with Gasteiger partial charge in [-0.25, -0.2) is 18.0 Å². The van der Waals surface area contributed by atoms with Gasteiger partial charge in [0.1, 0.15) is 0 Å². The molecular weight excluding hydrogens is 431 g/mol. The summed E-state index contributed by atoms with van der Waals surface area (Å²) < 4.78 is 43.0. The van der Waals surface area contributed by atoms with Gasteiger partial charge in [0.05, 0.1) is 34.5 Å². The third-order valence-corrected chi connectivity index (χ3v) is 6.07. The summed E-state index contributed by atoms with van der Waals surface area (Å²) in [5, 5.41) is -1.16. The van der Waals surface area contributed by atoms with E-state index in [4.69, 9.17) is 9.47 Å². The molecule has 0 saturated carbocycles. The van der Waals surface area contributed by atoms with Crippen LogP contribution in [0.15, 0.2) is 24.3 Å². The standard InChI is InChI=1S/C22H34O7S.Na/c1-3-4-5-6-7-8-9-12-16-28-21(23)19-13-10-11-14-20(19)22(24)29-17-15-18(2)30(25,26)27;/h10-11,13-14,18H,3-9,12,15-17H2,1-2H3,(H,25,26,27);/q;+1/p-1. The van der Waals surface area contributed by atoms with Crippen LogP contribution >= 0.6 is 0 Å². The van der Waals surface area contributed by atoms with Gasteiger partial charge in [-0.15, -0.1) is 0 Å². The number of ether oxygens (including phenoxy) is 2. The maximum atomic E-state index is 12.3. The van der Waals surface area contributed by atoms with E-state index in [1.807, 2.05) is 0 Å². The number of hydrogen-bond acceptors (Lipinski definition) is 7. The van der Waals surface area contributed by atoms with Gasteiger partial charge in [-0.1, -0.05) is 64.0 Å². The molecule has 0 heterocycles. The molecule has 0 aromatic heterocycles. The molecule has 1 atom stereocenters. The predicted molar refractivity (Wildman–Crippen MR) is 113 cm³/mol. The van der Waals surface area contributed by atoms with Crippen molar-refractivity contribution >= 4 is 22.1 Å². The molecule has 0 amide bonds. The Morgan fingerprint density at radius 3 is 1.81 bits per heavy atom. The summed E-state index contributed by atoms with van der Waals surface area (Å²) in [6.45, 7) is 3.50. The first-order valence-corrected chi connectivity index (χ1v) is 12.1. The van der Waals surface area contributed by atoms with Crippen LogP contribution in [0.4, 0.5) is 0 Å². The second kappa shape index (κ2) is 16.7. The number of carbonyl (C=O) groups excluding carboxylic acids is 2. The maximum Gasteiger partial charge on any atom is 1.00 e. The molecule has 0 radical (unpaired) electrons. The smallest absolute Gasteiger partial charge is 0.748 e. The van der Waals surface area contributed by atoms with E-state index in [2.05, 4.69) is 6.92 Å². The molecule has 0 bridgehead atoms. The molecule has 0 aliphatic carbocycles. The summed E-state index contributed by atoms with van der Waals surface area (Å²) >= 11 is 0. The molecule has 0 fully saturated rings. The summed E-state index contributed by atoms with van der Waals surface area (Å²) in [5.74, 6) is -1.36. The summed E-state index contributed by atoms with van der Waals surface area (Å²) in [6.07, 6.45) is 8.96. The number of esters is 2. The van der Waals surface area contributed by atoms with Crippen LogP contribution < -0.4 is 29.6 Å². The van der Waals surface area contributed by atoms with Crippen LogP contribution in [0.3, 0.4) is 0 Å². The first kappa shape index (κ1) is 30.1. The fourth-order valence-electron chi connectivity index (χ4n) is 2.86. The number of carbonyl (C=O) groups is 2. The molecule has 31 heavy (non-hydrogen) atoms. The monoisotopic (exact) mass is 464 g/mol. The molecule has 7 nitrogen and oxygen atoms in total. The van der Waals surface area contributed by atoms with Gasteiger partial charge in [0.25, 0.3) is 0 Å². The van der Waals surface area contributed by atoms with Gasteiger partial charge in [-0.05, 0) is 31.9 Å². The summed E-state index contributed by atoms with van der Waals surface area (Å²) in [4.78, 5) is 24.6. The largest absolute Gasteiger partial charge is 1.00 e. The maximum absolute atomic E-state index is 12.3. The Labute approximate surface area is 208 Å². The van der Waals surface area contributed by atoms with Crippen LogP contribution in [0.5, 0.6) is 0 Å². The first-order valence-electron chi connectivity index (χ1n) is 10.6. The Hall–Kier alpha value is -0.930. The Bertz CT molecular complexity index is 765. The van der Waals surface area contributed by atoms with Gasteiger partial charge in [-0.3, -0.25) is 0 Å². The van der Waals surface area contributed by atoms with Crippen LogP contribution in [0.2, 0.25) is 0 Å². The molecule has 170 valence electrons. The fraction of sp³-hybridized carbons (Fsp3) is 0.636. The van der Waals surface area contributed by atoms with Gasteiger partial charge in [-0.2, -0.15) is 0 Å². The number of benzene rings is 1. The number of unbranched alkanes of at least 4 members (excludes halogenated alkanes) is 7. The average molecular weight is 465 g/mol. The van der Waals surface area contributed by atoms with Crippen LogP contribution in [-0.4, -0.2) is 43.4 Å². The number of hydrogen-bond donors (Lipinski definition) is 0. The third kappa shape index (κ3) is 12.6. The van der Waals surface area contributed by atoms with E-state index in [0.29, 0.717) is 0 Å². The molecule has 0 spiro atoms. The molecule has 0 aliphatic heterocycles. The van der Waals surface area contributed by atoms with Gasteiger partial charge in [0, 0.05) is 5.25 Å². The zero-order valence-corrected chi connectivity index (χ0v) is 21.7. The van der Waals surface area contributed by atoms with E-state index in [1.165, 1.54) is 51.2 Å². The molecule has 1 aromatic rings. The van der Waals surface area contributed by atoms with Gasteiger partial charge < -0.3 is 14.0 Å². The second-order valence-corrected chi connectivity index (χ2v) is 9.17. The van der Waals surface area contributed by atoms with Crippen molar-refractivity contribution in [2.24, 2.45) is 0 Å². The minimum Gasteiger partial charge on any atom is -0.748 e. The van der Waals surface area contributed by atoms with E-state index in [1.54, 1.807) is 12.1 Å². The van der Waals surface area contributed by atoms with Crippen molar-refractivity contribution in [2.45, 2.75) is 76.9 Å². The minimum absolute atomic E-state index is 0. The minimum atomic E-state index is -4.43. The van der Waals surface area contributed by atoms with Crippen molar-refractivity contribution in [3.05, 3.63) is 35.4 Å². The van der Waals surface area contributed by atoms with Crippen LogP contribution in [-0.2, 0) is 19.6 Å². The van der Waals surface area contributed by atoms with Crippen LogP contribution in [0, 0.1) is 0 Å². The van der Waals surface area contributed by atoms with Crippen molar-refractivity contribution in [1.82, 2.24) is 0 Å². The fourth-order valence-corrected chi connectivity index (χ4v) is 3.24. The molecule has 0 aliphatic rings. The van der Waals surface area contributed by atoms with E-state index in [0.717, 1.165) is 19.3 Å². The molecular formula is C22H33NaO7S. The SMILES string of the molecule is CCCCCCCCCCOC(=O)c1ccccc1C(=O)OCCC(C)S(=O)(=O)[O-].[Na+]. The topological polar surface area (TPSA) is 110 Å². The van der Waals surface area contributed by atoms with Crippen molar-refractivity contribution in [3.63, 3.8) is 0 Å². The molecule has 1 unspecified atom stereocenters. The molecule has 1 rings (SSSR count). The molecule has 9 heteroatoms. The third-order valence-electron chi connectivity index (χ3n) is 4.85. The van der Waals surface area contributed by atoms with Crippen LogP contribution in [0.1, 0.15) is 92.4 Å². The number of rotatable bonds is 15. The van der Waals surface area contributed by atoms with Gasteiger partial charge in [0.15, 0.2) is 0 Å². The molecule has 1 aromatic carbocycles.